The van der Waals surface area contributed by atoms with E-state index in [9.17, 15) is 9.90 Å². The van der Waals surface area contributed by atoms with Crippen LogP contribution in [-0.4, -0.2) is 49.2 Å². The van der Waals surface area contributed by atoms with Crippen LogP contribution in [0.1, 0.15) is 30.6 Å². The first-order chi connectivity index (χ1) is 11.5. The molecule has 0 bridgehead atoms. The molecule has 0 fully saturated rings. The third kappa shape index (κ3) is 2.64. The Bertz CT molecular complexity index is 736. The first-order valence-electron chi connectivity index (χ1n) is 8.20. The molecule has 3 rings (SSSR count). The highest BCUT2D eigenvalue weighted by Gasteiger charge is 2.35. The van der Waals surface area contributed by atoms with Gasteiger partial charge in [-0.05, 0) is 31.9 Å². The lowest BCUT2D eigenvalue weighted by atomic mass is 9.94. The number of hydrogen-bond acceptors (Lipinski definition) is 4. The number of rotatable bonds is 2. The van der Waals surface area contributed by atoms with Crippen LogP contribution in [0.25, 0.3) is 0 Å². The van der Waals surface area contributed by atoms with E-state index in [2.05, 4.69) is 13.0 Å². The zero-order valence-electron chi connectivity index (χ0n) is 14.7. The molecule has 0 spiro atoms. The summed E-state index contributed by atoms with van der Waals surface area (Å²) in [6, 6.07) is 3.39. The number of benzene rings is 1. The molecule has 128 valence electrons. The first kappa shape index (κ1) is 16.4. The number of hydrogen-bond donors (Lipinski definition) is 1. The second kappa shape index (κ2) is 6.23. The maximum Gasteiger partial charge on any atom is 0.256 e. The van der Waals surface area contributed by atoms with Gasteiger partial charge in [-0.3, -0.25) is 4.79 Å². The predicted octanol–water partition coefficient (Wildman–Crippen LogP) is 2.96. The molecule has 1 amide bonds. The Kier molecular flexibility index (Phi) is 4.26. The molecular weight excluding hydrogens is 304 g/mol. The van der Waals surface area contributed by atoms with Crippen molar-refractivity contribution in [2.24, 2.45) is 0 Å². The molecule has 5 nitrogen and oxygen atoms in total. The highest BCUT2D eigenvalue weighted by atomic mass is 16.5. The van der Waals surface area contributed by atoms with Gasteiger partial charge >= 0.3 is 0 Å². The number of anilines is 1. The Labute approximate surface area is 142 Å². The molecule has 2 heterocycles. The summed E-state index contributed by atoms with van der Waals surface area (Å²) in [5, 5.41) is 10.1. The van der Waals surface area contributed by atoms with Crippen molar-refractivity contribution in [3.8, 4) is 11.5 Å². The number of phenols is 1. The normalized spacial score (nSPS) is 21.0. The standard InChI is InChI=1S/C19H24N2O3/c1-5-6-13-7-14-11-20(3)16-9-17(22)18(24-4)8-15(16)19(23)21(14)10-12(13)2/h5-6,8-9,14,22H,7,10-11H2,1-4H3/b6-5-. The van der Waals surface area contributed by atoms with E-state index in [1.54, 1.807) is 12.1 Å². The van der Waals surface area contributed by atoms with E-state index >= 15 is 0 Å². The van der Waals surface area contributed by atoms with Crippen molar-refractivity contribution in [2.45, 2.75) is 26.3 Å². The molecule has 1 N–H and O–H groups in total. The molecule has 1 unspecified atom stereocenters. The molecule has 5 heteroatoms. The quantitative estimate of drug-likeness (QED) is 0.907. The van der Waals surface area contributed by atoms with E-state index in [4.69, 9.17) is 4.74 Å². The smallest absolute Gasteiger partial charge is 0.256 e. The lowest BCUT2D eigenvalue weighted by Gasteiger charge is -2.36. The second-order valence-corrected chi connectivity index (χ2v) is 6.52. The SMILES string of the molecule is C/C=C\C1=C(C)CN2C(=O)c3cc(OC)c(O)cc3N(C)CC2C1. The first-order valence-corrected chi connectivity index (χ1v) is 8.20. The van der Waals surface area contributed by atoms with Gasteiger partial charge in [-0.15, -0.1) is 0 Å². The fourth-order valence-electron chi connectivity index (χ4n) is 3.61. The average Bonchev–Trinajstić information content (AvgIpc) is 2.64. The predicted molar refractivity (Wildman–Crippen MR) is 94.9 cm³/mol. The molecular formula is C19H24N2O3. The number of carbonyl (C=O) groups excluding carboxylic acids is 1. The number of allylic oxidation sites excluding steroid dienone is 2. The molecule has 2 aliphatic rings. The molecule has 24 heavy (non-hydrogen) atoms. The lowest BCUT2D eigenvalue weighted by Crippen LogP contribution is -2.47. The van der Waals surface area contributed by atoms with Gasteiger partial charge in [0, 0.05) is 26.2 Å². The van der Waals surface area contributed by atoms with E-state index in [1.807, 2.05) is 29.8 Å². The van der Waals surface area contributed by atoms with Gasteiger partial charge in [0.1, 0.15) is 0 Å². The van der Waals surface area contributed by atoms with E-state index in [1.165, 1.54) is 18.3 Å². The van der Waals surface area contributed by atoms with Crippen LogP contribution in [-0.2, 0) is 0 Å². The minimum atomic E-state index is -0.00321. The van der Waals surface area contributed by atoms with Crippen molar-refractivity contribution in [1.29, 1.82) is 0 Å². The molecule has 1 aromatic carbocycles. The van der Waals surface area contributed by atoms with Gasteiger partial charge < -0.3 is 19.6 Å². The molecule has 0 aromatic heterocycles. The maximum absolute atomic E-state index is 13.1. The van der Waals surface area contributed by atoms with Crippen molar-refractivity contribution < 1.29 is 14.6 Å². The van der Waals surface area contributed by atoms with E-state index in [-0.39, 0.29) is 17.7 Å². The summed E-state index contributed by atoms with van der Waals surface area (Å²) in [6.45, 7) is 5.48. The Morgan fingerprint density at radius 3 is 2.79 bits per heavy atom. The zero-order chi connectivity index (χ0) is 17.4. The molecule has 0 radical (unpaired) electrons. The average molecular weight is 328 g/mol. The minimum Gasteiger partial charge on any atom is -0.504 e. The highest BCUT2D eigenvalue weighted by Crippen LogP contribution is 2.38. The van der Waals surface area contributed by atoms with Crippen molar-refractivity contribution in [2.75, 3.05) is 32.1 Å². The van der Waals surface area contributed by atoms with Gasteiger partial charge in [0.25, 0.3) is 5.91 Å². The van der Waals surface area contributed by atoms with Gasteiger partial charge in [0.2, 0.25) is 0 Å². The number of nitrogens with zero attached hydrogens (tertiary/aromatic N) is 2. The minimum absolute atomic E-state index is 0.00321. The third-order valence-corrected chi connectivity index (χ3v) is 4.90. The summed E-state index contributed by atoms with van der Waals surface area (Å²) in [5.74, 6) is 0.379. The summed E-state index contributed by atoms with van der Waals surface area (Å²) in [6.07, 6.45) is 5.04. The summed E-state index contributed by atoms with van der Waals surface area (Å²) in [5.41, 5.74) is 3.87. The monoisotopic (exact) mass is 328 g/mol. The number of fused-ring (bicyclic) bond motifs is 2. The summed E-state index contributed by atoms with van der Waals surface area (Å²) >= 11 is 0. The number of likely N-dealkylation sites (N-methyl/N-ethyl adjacent to an activating group) is 1. The Hall–Kier alpha value is -2.43. The van der Waals surface area contributed by atoms with Crippen LogP contribution < -0.4 is 9.64 Å². The van der Waals surface area contributed by atoms with E-state index in [0.717, 1.165) is 18.7 Å². The number of carbonyl (C=O) groups is 1. The number of amides is 1. The van der Waals surface area contributed by atoms with Crippen LogP contribution in [0.5, 0.6) is 11.5 Å². The van der Waals surface area contributed by atoms with Crippen molar-refractivity contribution in [1.82, 2.24) is 4.90 Å². The maximum atomic E-state index is 13.1. The fraction of sp³-hybridized carbons (Fsp3) is 0.421. The zero-order valence-corrected chi connectivity index (χ0v) is 14.7. The largest absolute Gasteiger partial charge is 0.504 e. The molecule has 0 saturated heterocycles. The molecule has 0 aliphatic carbocycles. The number of aromatic hydroxyl groups is 1. The topological polar surface area (TPSA) is 53.0 Å². The number of methoxy groups -OCH3 is 1. The van der Waals surface area contributed by atoms with Crippen LogP contribution in [0.3, 0.4) is 0 Å². The van der Waals surface area contributed by atoms with Crippen LogP contribution in [0.15, 0.2) is 35.4 Å². The van der Waals surface area contributed by atoms with Crippen molar-refractivity contribution >= 4 is 11.6 Å². The van der Waals surface area contributed by atoms with Crippen molar-refractivity contribution in [3.63, 3.8) is 0 Å². The fourth-order valence-corrected chi connectivity index (χ4v) is 3.61. The summed E-state index contributed by atoms with van der Waals surface area (Å²) in [4.78, 5) is 17.1. The second-order valence-electron chi connectivity index (χ2n) is 6.52. The van der Waals surface area contributed by atoms with Crippen LogP contribution in [0.4, 0.5) is 5.69 Å². The van der Waals surface area contributed by atoms with Crippen LogP contribution in [0.2, 0.25) is 0 Å². The van der Waals surface area contributed by atoms with E-state index in [0.29, 0.717) is 17.9 Å². The van der Waals surface area contributed by atoms with Gasteiger partial charge in [-0.1, -0.05) is 17.7 Å². The number of ether oxygens (including phenoxy) is 1. The Morgan fingerprint density at radius 1 is 1.38 bits per heavy atom. The van der Waals surface area contributed by atoms with E-state index < -0.39 is 0 Å². The van der Waals surface area contributed by atoms with Crippen LogP contribution >= 0.6 is 0 Å². The number of phenolic OH excluding ortho intramolecular Hbond substituents is 1. The molecule has 0 saturated carbocycles. The highest BCUT2D eigenvalue weighted by molar-refractivity contribution is 6.02. The third-order valence-electron chi connectivity index (χ3n) is 4.90. The summed E-state index contributed by atoms with van der Waals surface area (Å²) in [7, 11) is 3.45. The molecule has 2 aliphatic heterocycles. The van der Waals surface area contributed by atoms with Gasteiger partial charge in [-0.2, -0.15) is 0 Å². The Morgan fingerprint density at radius 2 is 2.12 bits per heavy atom. The van der Waals surface area contributed by atoms with Crippen LogP contribution in [0, 0.1) is 0 Å². The van der Waals surface area contributed by atoms with Gasteiger partial charge in [0.15, 0.2) is 11.5 Å². The Balaban J connectivity index is 2.05. The van der Waals surface area contributed by atoms with Gasteiger partial charge in [0.05, 0.1) is 24.4 Å². The molecule has 1 aromatic rings. The van der Waals surface area contributed by atoms with Gasteiger partial charge in [-0.25, -0.2) is 0 Å². The van der Waals surface area contributed by atoms with Crippen molar-refractivity contribution in [3.05, 3.63) is 41.0 Å². The molecule has 1 atom stereocenters. The summed E-state index contributed by atoms with van der Waals surface area (Å²) < 4.78 is 5.18. The lowest BCUT2D eigenvalue weighted by molar-refractivity contribution is 0.0698.